The Labute approximate surface area is 181 Å². The van der Waals surface area contributed by atoms with Gasteiger partial charge in [-0.2, -0.15) is 4.72 Å². The summed E-state index contributed by atoms with van der Waals surface area (Å²) in [6.07, 6.45) is -0.270. The van der Waals surface area contributed by atoms with E-state index >= 15 is 0 Å². The minimum atomic E-state index is -4.03. The number of carbonyl (C=O) groups is 2. The first-order chi connectivity index (χ1) is 14.8. The molecule has 0 aliphatic carbocycles. The van der Waals surface area contributed by atoms with E-state index in [1.54, 1.807) is 17.0 Å². The molecule has 2 saturated heterocycles. The number of nitrogens with one attached hydrogen (secondary N) is 1. The summed E-state index contributed by atoms with van der Waals surface area (Å²) in [5, 5.41) is 0. The van der Waals surface area contributed by atoms with Crippen LogP contribution in [0, 0.1) is 12.8 Å². The number of methoxy groups -OCH3 is 1. The topological polar surface area (TPSA) is 102 Å². The van der Waals surface area contributed by atoms with E-state index in [0.717, 1.165) is 11.1 Å². The predicted octanol–water partition coefficient (Wildman–Crippen LogP) is 1.76. The fraction of sp³-hybridized carbons (Fsp3) is 0.364. The lowest BCUT2D eigenvalue weighted by Gasteiger charge is -2.25. The molecule has 0 spiro atoms. The molecular formula is C22H24N2O6S. The molecule has 1 N–H and O–H groups in total. The van der Waals surface area contributed by atoms with Gasteiger partial charge in [0.05, 0.1) is 30.6 Å². The van der Waals surface area contributed by atoms with E-state index in [-0.39, 0.29) is 16.8 Å². The second-order valence-corrected chi connectivity index (χ2v) is 9.49. The van der Waals surface area contributed by atoms with Gasteiger partial charge in [0, 0.05) is 5.56 Å². The number of carbonyl (C=O) groups excluding carboxylic acids is 2. The SMILES string of the molecule is COC(=O)C(NS(=O)(=O)c1ccc(C)cc1)[C@@H]1C[C@H]2CO[C@H](c3ccccc3)N2C1=O. The Balaban J connectivity index is 1.60. The zero-order valence-electron chi connectivity index (χ0n) is 17.2. The van der Waals surface area contributed by atoms with Gasteiger partial charge in [0.25, 0.3) is 0 Å². The predicted molar refractivity (Wildman–Crippen MR) is 111 cm³/mol. The third kappa shape index (κ3) is 4.08. The lowest BCUT2D eigenvalue weighted by Crippen LogP contribution is -2.49. The van der Waals surface area contributed by atoms with Crippen LogP contribution in [0.4, 0.5) is 0 Å². The number of hydrogen-bond acceptors (Lipinski definition) is 6. The summed E-state index contributed by atoms with van der Waals surface area (Å²) in [6.45, 7) is 2.16. The molecule has 31 heavy (non-hydrogen) atoms. The third-order valence-electron chi connectivity index (χ3n) is 5.75. The number of rotatable bonds is 6. The molecule has 9 heteroatoms. The van der Waals surface area contributed by atoms with Gasteiger partial charge >= 0.3 is 5.97 Å². The molecule has 0 saturated carbocycles. The van der Waals surface area contributed by atoms with E-state index in [1.807, 2.05) is 37.3 Å². The van der Waals surface area contributed by atoms with Gasteiger partial charge in [-0.05, 0) is 25.5 Å². The molecule has 2 aliphatic rings. The fourth-order valence-electron chi connectivity index (χ4n) is 4.14. The minimum absolute atomic E-state index is 0.0171. The molecule has 2 fully saturated rings. The van der Waals surface area contributed by atoms with Gasteiger partial charge in [-0.1, -0.05) is 48.0 Å². The number of esters is 1. The third-order valence-corrected chi connectivity index (χ3v) is 7.20. The molecule has 0 aromatic heterocycles. The van der Waals surface area contributed by atoms with Crippen LogP contribution in [-0.2, 0) is 29.1 Å². The van der Waals surface area contributed by atoms with Crippen LogP contribution in [0.3, 0.4) is 0 Å². The number of aryl methyl sites for hydroxylation is 1. The Morgan fingerprint density at radius 2 is 1.84 bits per heavy atom. The summed E-state index contributed by atoms with van der Waals surface area (Å²) in [7, 11) is -2.86. The summed E-state index contributed by atoms with van der Waals surface area (Å²) in [4.78, 5) is 27.5. The van der Waals surface area contributed by atoms with Crippen molar-refractivity contribution in [2.45, 2.75) is 36.6 Å². The van der Waals surface area contributed by atoms with E-state index in [0.29, 0.717) is 13.0 Å². The van der Waals surface area contributed by atoms with Gasteiger partial charge < -0.3 is 14.4 Å². The Kier molecular flexibility index (Phi) is 5.83. The van der Waals surface area contributed by atoms with Crippen molar-refractivity contribution < 1.29 is 27.5 Å². The highest BCUT2D eigenvalue weighted by atomic mass is 32.2. The Morgan fingerprint density at radius 1 is 1.16 bits per heavy atom. The molecule has 8 nitrogen and oxygen atoms in total. The molecule has 164 valence electrons. The first-order valence-electron chi connectivity index (χ1n) is 9.97. The Hall–Kier alpha value is -2.75. The first kappa shape index (κ1) is 21.5. The fourth-order valence-corrected chi connectivity index (χ4v) is 5.37. The second-order valence-electron chi connectivity index (χ2n) is 7.77. The van der Waals surface area contributed by atoms with Crippen molar-refractivity contribution in [1.82, 2.24) is 9.62 Å². The highest BCUT2D eigenvalue weighted by Crippen LogP contribution is 2.41. The standard InChI is InChI=1S/C22H24N2O6S/c1-14-8-10-17(11-9-14)31(27,28)23-19(22(26)29-2)18-12-16-13-30-21(24(16)20(18)25)15-6-4-3-5-7-15/h3-11,16,18-19,21,23H,12-13H2,1-2H3/t16-,18-,19?,21+/m0/s1. The maximum Gasteiger partial charge on any atom is 0.324 e. The summed E-state index contributed by atoms with van der Waals surface area (Å²) in [5.74, 6) is -2.02. The van der Waals surface area contributed by atoms with Gasteiger partial charge in [0.15, 0.2) is 6.23 Å². The number of hydrogen-bond donors (Lipinski definition) is 1. The van der Waals surface area contributed by atoms with E-state index in [9.17, 15) is 18.0 Å². The molecule has 0 radical (unpaired) electrons. The lowest BCUT2D eigenvalue weighted by atomic mass is 9.97. The molecule has 2 aromatic carbocycles. The van der Waals surface area contributed by atoms with Crippen molar-refractivity contribution in [1.29, 1.82) is 0 Å². The van der Waals surface area contributed by atoms with Crippen molar-refractivity contribution in [2.75, 3.05) is 13.7 Å². The summed E-state index contributed by atoms with van der Waals surface area (Å²) >= 11 is 0. The van der Waals surface area contributed by atoms with Crippen LogP contribution >= 0.6 is 0 Å². The van der Waals surface area contributed by atoms with E-state index in [1.165, 1.54) is 19.2 Å². The van der Waals surface area contributed by atoms with Crippen LogP contribution in [0.15, 0.2) is 59.5 Å². The van der Waals surface area contributed by atoms with Crippen LogP contribution in [0.1, 0.15) is 23.8 Å². The number of sulfonamides is 1. The van der Waals surface area contributed by atoms with E-state index in [4.69, 9.17) is 9.47 Å². The Bertz CT molecular complexity index is 1070. The molecule has 1 amide bonds. The molecule has 0 bridgehead atoms. The molecular weight excluding hydrogens is 420 g/mol. The highest BCUT2D eigenvalue weighted by molar-refractivity contribution is 7.89. The van der Waals surface area contributed by atoms with Gasteiger partial charge in [-0.25, -0.2) is 8.42 Å². The number of ether oxygens (including phenoxy) is 2. The zero-order valence-corrected chi connectivity index (χ0v) is 18.0. The van der Waals surface area contributed by atoms with Crippen molar-refractivity contribution in [2.24, 2.45) is 5.92 Å². The minimum Gasteiger partial charge on any atom is -0.468 e. The van der Waals surface area contributed by atoms with Gasteiger partial charge in [0.2, 0.25) is 15.9 Å². The van der Waals surface area contributed by atoms with Gasteiger partial charge in [0.1, 0.15) is 6.04 Å². The van der Waals surface area contributed by atoms with Gasteiger partial charge in [-0.3, -0.25) is 9.59 Å². The monoisotopic (exact) mass is 444 g/mol. The summed E-state index contributed by atoms with van der Waals surface area (Å²) in [6, 6.07) is 14.0. The molecule has 4 atom stereocenters. The number of benzene rings is 2. The normalized spacial score (nSPS) is 24.1. The molecule has 1 unspecified atom stereocenters. The highest BCUT2D eigenvalue weighted by Gasteiger charge is 2.53. The Morgan fingerprint density at radius 3 is 2.48 bits per heavy atom. The van der Waals surface area contributed by atoms with E-state index < -0.39 is 34.2 Å². The van der Waals surface area contributed by atoms with Crippen LogP contribution in [-0.4, -0.2) is 51.0 Å². The van der Waals surface area contributed by atoms with Crippen molar-refractivity contribution in [3.05, 3.63) is 65.7 Å². The number of nitrogens with zero attached hydrogens (tertiary/aromatic N) is 1. The van der Waals surface area contributed by atoms with Crippen molar-refractivity contribution in [3.8, 4) is 0 Å². The van der Waals surface area contributed by atoms with Crippen molar-refractivity contribution >= 4 is 21.9 Å². The number of amides is 1. The molecule has 2 aromatic rings. The maximum absolute atomic E-state index is 13.3. The van der Waals surface area contributed by atoms with Crippen LogP contribution in [0.25, 0.3) is 0 Å². The largest absolute Gasteiger partial charge is 0.468 e. The quantitative estimate of drug-likeness (QED) is 0.682. The van der Waals surface area contributed by atoms with Gasteiger partial charge in [-0.15, -0.1) is 0 Å². The van der Waals surface area contributed by atoms with Crippen LogP contribution in [0.5, 0.6) is 0 Å². The van der Waals surface area contributed by atoms with Crippen LogP contribution in [0.2, 0.25) is 0 Å². The molecule has 2 heterocycles. The van der Waals surface area contributed by atoms with E-state index in [2.05, 4.69) is 4.72 Å². The summed E-state index contributed by atoms with van der Waals surface area (Å²) < 4.78 is 38.9. The molecule has 4 rings (SSSR count). The number of fused-ring (bicyclic) bond motifs is 1. The zero-order chi connectivity index (χ0) is 22.2. The smallest absolute Gasteiger partial charge is 0.324 e. The molecule has 2 aliphatic heterocycles. The maximum atomic E-state index is 13.3. The average Bonchev–Trinajstić information content (AvgIpc) is 3.33. The second kappa shape index (κ2) is 8.41. The first-order valence-corrected chi connectivity index (χ1v) is 11.5. The van der Waals surface area contributed by atoms with Crippen molar-refractivity contribution in [3.63, 3.8) is 0 Å². The average molecular weight is 445 g/mol. The van der Waals surface area contributed by atoms with Crippen LogP contribution < -0.4 is 4.72 Å². The lowest BCUT2D eigenvalue weighted by molar-refractivity contribution is -0.149. The summed E-state index contributed by atoms with van der Waals surface area (Å²) in [5.41, 5.74) is 1.73.